The van der Waals surface area contributed by atoms with Crippen molar-refractivity contribution in [2.75, 3.05) is 20.1 Å². The van der Waals surface area contributed by atoms with Crippen LogP contribution in [0.1, 0.15) is 30.5 Å². The molecule has 0 radical (unpaired) electrons. The standard InChI is InChI=1S/C13H24N2S/c1-5-12-6-7-13(16-12)10-14-8-9-15(4)11(2)3/h6-7,11,14H,5,8-10H2,1-4H3. The number of nitrogens with zero attached hydrogens (tertiary/aromatic N) is 1. The van der Waals surface area contributed by atoms with E-state index in [1.54, 1.807) is 0 Å². The third kappa shape index (κ3) is 4.64. The van der Waals surface area contributed by atoms with E-state index in [-0.39, 0.29) is 0 Å². The van der Waals surface area contributed by atoms with Crippen molar-refractivity contribution in [2.45, 2.75) is 39.8 Å². The van der Waals surface area contributed by atoms with E-state index >= 15 is 0 Å². The third-order valence-electron chi connectivity index (χ3n) is 2.89. The second-order valence-corrected chi connectivity index (χ2v) is 5.73. The number of aryl methyl sites for hydroxylation is 1. The molecule has 2 nitrogen and oxygen atoms in total. The van der Waals surface area contributed by atoms with E-state index in [1.807, 2.05) is 11.3 Å². The minimum Gasteiger partial charge on any atom is -0.311 e. The molecule has 1 aromatic heterocycles. The Morgan fingerprint density at radius 2 is 2.00 bits per heavy atom. The van der Waals surface area contributed by atoms with Gasteiger partial charge in [0.15, 0.2) is 0 Å². The maximum atomic E-state index is 3.49. The van der Waals surface area contributed by atoms with E-state index in [4.69, 9.17) is 0 Å². The summed E-state index contributed by atoms with van der Waals surface area (Å²) in [5, 5.41) is 3.49. The molecule has 1 N–H and O–H groups in total. The van der Waals surface area contributed by atoms with Crippen LogP contribution >= 0.6 is 11.3 Å². The molecule has 0 saturated carbocycles. The lowest BCUT2D eigenvalue weighted by Gasteiger charge is -2.20. The molecule has 0 amide bonds. The molecule has 0 fully saturated rings. The molecule has 0 unspecified atom stereocenters. The Labute approximate surface area is 104 Å². The first-order valence-corrected chi connectivity index (χ1v) is 6.93. The van der Waals surface area contributed by atoms with E-state index in [0.29, 0.717) is 6.04 Å². The topological polar surface area (TPSA) is 15.3 Å². The SMILES string of the molecule is CCc1ccc(CNCCN(C)C(C)C)s1. The molecule has 0 bridgehead atoms. The summed E-state index contributed by atoms with van der Waals surface area (Å²) in [6, 6.07) is 5.11. The zero-order valence-electron chi connectivity index (χ0n) is 10.9. The molecule has 3 heteroatoms. The Balaban J connectivity index is 2.16. The number of hydrogen-bond donors (Lipinski definition) is 1. The summed E-state index contributed by atoms with van der Waals surface area (Å²) in [5.41, 5.74) is 0. The average Bonchev–Trinajstić information content (AvgIpc) is 2.71. The van der Waals surface area contributed by atoms with Gasteiger partial charge < -0.3 is 10.2 Å². The lowest BCUT2D eigenvalue weighted by atomic mass is 10.3. The van der Waals surface area contributed by atoms with Crippen LogP contribution in [0.3, 0.4) is 0 Å². The van der Waals surface area contributed by atoms with Gasteiger partial charge in [-0.05, 0) is 39.4 Å². The normalized spacial score (nSPS) is 11.6. The van der Waals surface area contributed by atoms with E-state index in [0.717, 1.165) is 26.1 Å². The van der Waals surface area contributed by atoms with Crippen molar-refractivity contribution in [2.24, 2.45) is 0 Å². The Morgan fingerprint density at radius 3 is 2.56 bits per heavy atom. The Bertz CT molecular complexity index is 294. The van der Waals surface area contributed by atoms with E-state index in [1.165, 1.54) is 9.75 Å². The lowest BCUT2D eigenvalue weighted by Crippen LogP contribution is -2.33. The summed E-state index contributed by atoms with van der Waals surface area (Å²) in [7, 11) is 2.17. The van der Waals surface area contributed by atoms with Gasteiger partial charge in [-0.15, -0.1) is 11.3 Å². The smallest absolute Gasteiger partial charge is 0.0300 e. The van der Waals surface area contributed by atoms with Crippen molar-refractivity contribution < 1.29 is 0 Å². The fourth-order valence-corrected chi connectivity index (χ4v) is 2.36. The van der Waals surface area contributed by atoms with Crippen molar-refractivity contribution in [3.05, 3.63) is 21.9 Å². The van der Waals surface area contributed by atoms with Crippen molar-refractivity contribution in [1.29, 1.82) is 0 Å². The highest BCUT2D eigenvalue weighted by Gasteiger charge is 2.02. The molecular formula is C13H24N2S. The summed E-state index contributed by atoms with van der Waals surface area (Å²) < 4.78 is 0. The monoisotopic (exact) mass is 240 g/mol. The lowest BCUT2D eigenvalue weighted by molar-refractivity contribution is 0.273. The maximum Gasteiger partial charge on any atom is 0.0300 e. The molecule has 1 rings (SSSR count). The number of nitrogens with one attached hydrogen (secondary N) is 1. The van der Waals surface area contributed by atoms with Crippen molar-refractivity contribution >= 4 is 11.3 Å². The van der Waals surface area contributed by atoms with Gasteiger partial charge in [0.2, 0.25) is 0 Å². The quantitative estimate of drug-likeness (QED) is 0.737. The van der Waals surface area contributed by atoms with Gasteiger partial charge in [0.25, 0.3) is 0 Å². The highest BCUT2D eigenvalue weighted by Crippen LogP contribution is 2.16. The van der Waals surface area contributed by atoms with Gasteiger partial charge in [-0.25, -0.2) is 0 Å². The van der Waals surface area contributed by atoms with Crippen LogP contribution in [0.2, 0.25) is 0 Å². The molecule has 0 spiro atoms. The fourth-order valence-electron chi connectivity index (χ4n) is 1.43. The summed E-state index contributed by atoms with van der Waals surface area (Å²) in [4.78, 5) is 5.29. The molecular weight excluding hydrogens is 216 g/mol. The second kappa shape index (κ2) is 7.05. The average molecular weight is 240 g/mol. The second-order valence-electron chi connectivity index (χ2n) is 4.47. The summed E-state index contributed by atoms with van der Waals surface area (Å²) >= 11 is 1.92. The van der Waals surface area contributed by atoms with Gasteiger partial charge >= 0.3 is 0 Å². The van der Waals surface area contributed by atoms with Gasteiger partial charge in [0.1, 0.15) is 0 Å². The molecule has 0 aromatic carbocycles. The molecule has 1 aromatic rings. The number of rotatable bonds is 7. The van der Waals surface area contributed by atoms with E-state index < -0.39 is 0 Å². The van der Waals surface area contributed by atoms with Crippen molar-refractivity contribution in [1.82, 2.24) is 10.2 Å². The first-order chi connectivity index (χ1) is 7.63. The highest BCUT2D eigenvalue weighted by atomic mass is 32.1. The van der Waals surface area contributed by atoms with Gasteiger partial charge in [-0.3, -0.25) is 0 Å². The zero-order valence-corrected chi connectivity index (χ0v) is 11.7. The summed E-state index contributed by atoms with van der Waals surface area (Å²) in [6.07, 6.45) is 1.15. The molecule has 16 heavy (non-hydrogen) atoms. The fraction of sp³-hybridized carbons (Fsp3) is 0.692. The van der Waals surface area contributed by atoms with Gasteiger partial charge in [-0.2, -0.15) is 0 Å². The zero-order chi connectivity index (χ0) is 12.0. The predicted octanol–water partition coefficient (Wildman–Crippen LogP) is 2.74. The highest BCUT2D eigenvalue weighted by molar-refractivity contribution is 7.11. The molecule has 1 heterocycles. The van der Waals surface area contributed by atoms with E-state index in [9.17, 15) is 0 Å². The number of thiophene rings is 1. The minimum atomic E-state index is 0.634. The summed E-state index contributed by atoms with van der Waals surface area (Å²) in [5.74, 6) is 0. The van der Waals surface area contributed by atoms with Crippen LogP contribution in [0.5, 0.6) is 0 Å². The first kappa shape index (κ1) is 13.7. The van der Waals surface area contributed by atoms with Crippen LogP contribution in [0, 0.1) is 0 Å². The van der Waals surface area contributed by atoms with Crippen LogP contribution in [-0.2, 0) is 13.0 Å². The van der Waals surface area contributed by atoms with Crippen LogP contribution in [-0.4, -0.2) is 31.1 Å². The number of likely N-dealkylation sites (N-methyl/N-ethyl adjacent to an activating group) is 1. The van der Waals surface area contributed by atoms with Crippen LogP contribution in [0.15, 0.2) is 12.1 Å². The molecule has 0 saturated heterocycles. The van der Waals surface area contributed by atoms with Crippen molar-refractivity contribution in [3.63, 3.8) is 0 Å². The van der Waals surface area contributed by atoms with Crippen LogP contribution in [0.25, 0.3) is 0 Å². The first-order valence-electron chi connectivity index (χ1n) is 6.12. The third-order valence-corrected chi connectivity index (χ3v) is 4.12. The molecule has 0 aliphatic rings. The molecule has 92 valence electrons. The van der Waals surface area contributed by atoms with Crippen molar-refractivity contribution in [3.8, 4) is 0 Å². The predicted molar refractivity (Wildman–Crippen MR) is 73.2 cm³/mol. The Hall–Kier alpha value is -0.380. The Kier molecular flexibility index (Phi) is 6.03. The van der Waals surface area contributed by atoms with Crippen LogP contribution in [0.4, 0.5) is 0 Å². The number of hydrogen-bond acceptors (Lipinski definition) is 3. The van der Waals surface area contributed by atoms with Gasteiger partial charge in [0.05, 0.1) is 0 Å². The molecule has 0 aliphatic heterocycles. The molecule has 0 aliphatic carbocycles. The summed E-state index contributed by atoms with van der Waals surface area (Å²) in [6.45, 7) is 9.86. The van der Waals surface area contributed by atoms with Crippen LogP contribution < -0.4 is 5.32 Å². The van der Waals surface area contributed by atoms with Gasteiger partial charge in [0, 0.05) is 35.4 Å². The minimum absolute atomic E-state index is 0.634. The van der Waals surface area contributed by atoms with E-state index in [2.05, 4.69) is 50.2 Å². The largest absolute Gasteiger partial charge is 0.311 e. The van der Waals surface area contributed by atoms with Gasteiger partial charge in [-0.1, -0.05) is 6.92 Å². The maximum absolute atomic E-state index is 3.49. The molecule has 0 atom stereocenters. The Morgan fingerprint density at radius 1 is 1.31 bits per heavy atom.